The number of rotatable bonds is 9. The van der Waals surface area contributed by atoms with Gasteiger partial charge in [0, 0.05) is 18.2 Å². The van der Waals surface area contributed by atoms with E-state index in [2.05, 4.69) is 36.6 Å². The Morgan fingerprint density at radius 3 is 2.53 bits per heavy atom. The zero-order valence-electron chi connectivity index (χ0n) is 19.4. The summed E-state index contributed by atoms with van der Waals surface area (Å²) >= 11 is 3.54. The van der Waals surface area contributed by atoms with Crippen LogP contribution in [0.3, 0.4) is 0 Å². The van der Waals surface area contributed by atoms with E-state index in [0.29, 0.717) is 54.0 Å². The normalized spacial score (nSPS) is 11.0. The maximum absolute atomic E-state index is 13.7. The molecular formula is C24H25BrN6O3. The SMILES string of the molecule is Cc1nn(C)c(OCc2ccccc2)c1C(=O)c1ccc(Br)c(OCCn2nnnc2C)c1C. The van der Waals surface area contributed by atoms with Gasteiger partial charge in [0.05, 0.1) is 16.7 Å². The number of nitrogens with zero attached hydrogens (tertiary/aromatic N) is 6. The van der Waals surface area contributed by atoms with Crippen molar-refractivity contribution in [3.8, 4) is 11.6 Å². The van der Waals surface area contributed by atoms with Crippen LogP contribution in [0.1, 0.15) is 38.6 Å². The molecule has 0 radical (unpaired) electrons. The molecular weight excluding hydrogens is 500 g/mol. The summed E-state index contributed by atoms with van der Waals surface area (Å²) in [5, 5.41) is 15.9. The summed E-state index contributed by atoms with van der Waals surface area (Å²) in [6.45, 7) is 6.68. The highest BCUT2D eigenvalue weighted by Gasteiger charge is 2.26. The van der Waals surface area contributed by atoms with Gasteiger partial charge in [-0.1, -0.05) is 30.3 Å². The van der Waals surface area contributed by atoms with E-state index in [9.17, 15) is 4.79 Å². The molecule has 4 rings (SSSR count). The average molecular weight is 525 g/mol. The number of carbonyl (C=O) groups is 1. The van der Waals surface area contributed by atoms with Crippen LogP contribution >= 0.6 is 15.9 Å². The summed E-state index contributed by atoms with van der Waals surface area (Å²) in [5.74, 6) is 1.58. The molecule has 4 aromatic rings. The molecule has 0 aliphatic heterocycles. The van der Waals surface area contributed by atoms with Crippen LogP contribution in [0.4, 0.5) is 0 Å². The number of hydrogen-bond acceptors (Lipinski definition) is 7. The highest BCUT2D eigenvalue weighted by atomic mass is 79.9. The van der Waals surface area contributed by atoms with Gasteiger partial charge in [0.15, 0.2) is 0 Å². The number of carbonyl (C=O) groups excluding carboxylic acids is 1. The molecule has 0 aliphatic carbocycles. The Bertz CT molecular complexity index is 1320. The van der Waals surface area contributed by atoms with Crippen molar-refractivity contribution in [1.29, 1.82) is 0 Å². The molecule has 10 heteroatoms. The van der Waals surface area contributed by atoms with Crippen LogP contribution in [0.15, 0.2) is 46.9 Å². The molecule has 34 heavy (non-hydrogen) atoms. The smallest absolute Gasteiger partial charge is 0.223 e. The maximum atomic E-state index is 13.7. The van der Waals surface area contributed by atoms with E-state index in [4.69, 9.17) is 9.47 Å². The number of benzene rings is 2. The van der Waals surface area contributed by atoms with Crippen LogP contribution in [-0.2, 0) is 20.2 Å². The lowest BCUT2D eigenvalue weighted by molar-refractivity contribution is 0.103. The highest BCUT2D eigenvalue weighted by molar-refractivity contribution is 9.10. The minimum Gasteiger partial charge on any atom is -0.490 e. The van der Waals surface area contributed by atoms with Gasteiger partial charge in [-0.15, -0.1) is 5.10 Å². The minimum absolute atomic E-state index is 0.167. The van der Waals surface area contributed by atoms with E-state index >= 15 is 0 Å². The van der Waals surface area contributed by atoms with E-state index in [-0.39, 0.29) is 5.78 Å². The number of ketones is 1. The quantitative estimate of drug-likeness (QED) is 0.305. The Balaban J connectivity index is 1.58. The van der Waals surface area contributed by atoms with Gasteiger partial charge < -0.3 is 9.47 Å². The van der Waals surface area contributed by atoms with Gasteiger partial charge in [-0.25, -0.2) is 9.36 Å². The molecule has 176 valence electrons. The Labute approximate surface area is 205 Å². The molecule has 0 spiro atoms. The van der Waals surface area contributed by atoms with E-state index in [0.717, 1.165) is 15.6 Å². The fourth-order valence-electron chi connectivity index (χ4n) is 3.70. The van der Waals surface area contributed by atoms with Crippen molar-refractivity contribution < 1.29 is 14.3 Å². The Morgan fingerprint density at radius 2 is 1.82 bits per heavy atom. The predicted octanol–water partition coefficient (Wildman–Crippen LogP) is 3.98. The van der Waals surface area contributed by atoms with Crippen LogP contribution in [0.2, 0.25) is 0 Å². The molecule has 0 bridgehead atoms. The van der Waals surface area contributed by atoms with Crippen molar-refractivity contribution in [2.75, 3.05) is 6.61 Å². The Kier molecular flexibility index (Phi) is 7.06. The van der Waals surface area contributed by atoms with Crippen molar-refractivity contribution in [1.82, 2.24) is 30.0 Å². The fraction of sp³-hybridized carbons (Fsp3) is 0.292. The summed E-state index contributed by atoms with van der Waals surface area (Å²) < 4.78 is 16.1. The van der Waals surface area contributed by atoms with Crippen LogP contribution in [0, 0.1) is 20.8 Å². The van der Waals surface area contributed by atoms with Gasteiger partial charge in [0.25, 0.3) is 0 Å². The van der Waals surface area contributed by atoms with Crippen molar-refractivity contribution >= 4 is 21.7 Å². The lowest BCUT2D eigenvalue weighted by atomic mass is 9.98. The molecule has 2 aromatic carbocycles. The third-order valence-electron chi connectivity index (χ3n) is 5.48. The van der Waals surface area contributed by atoms with E-state index in [1.54, 1.807) is 22.5 Å². The third-order valence-corrected chi connectivity index (χ3v) is 6.10. The first-order chi connectivity index (χ1) is 16.4. The van der Waals surface area contributed by atoms with Crippen LogP contribution in [0.5, 0.6) is 11.6 Å². The number of halogens is 1. The van der Waals surface area contributed by atoms with Crippen molar-refractivity contribution in [3.05, 3.63) is 80.7 Å². The van der Waals surface area contributed by atoms with Gasteiger partial charge in [-0.3, -0.25) is 4.79 Å². The van der Waals surface area contributed by atoms with Crippen LogP contribution in [0.25, 0.3) is 0 Å². The number of aromatic nitrogens is 6. The Hall–Kier alpha value is -3.53. The third kappa shape index (κ3) is 4.86. The summed E-state index contributed by atoms with van der Waals surface area (Å²) in [7, 11) is 1.77. The highest BCUT2D eigenvalue weighted by Crippen LogP contribution is 2.34. The minimum atomic E-state index is -0.167. The van der Waals surface area contributed by atoms with Crippen molar-refractivity contribution in [3.63, 3.8) is 0 Å². The van der Waals surface area contributed by atoms with Crippen LogP contribution < -0.4 is 9.47 Å². The summed E-state index contributed by atoms with van der Waals surface area (Å²) in [6.07, 6.45) is 0. The second kappa shape index (κ2) is 10.2. The largest absolute Gasteiger partial charge is 0.490 e. The molecule has 9 nitrogen and oxygen atoms in total. The predicted molar refractivity (Wildman–Crippen MR) is 129 cm³/mol. The van der Waals surface area contributed by atoms with Gasteiger partial charge in [-0.05, 0) is 64.8 Å². The van der Waals surface area contributed by atoms with Crippen molar-refractivity contribution in [2.45, 2.75) is 33.9 Å². The standard InChI is InChI=1S/C24H25BrN6O3/c1-15-19(10-11-20(25)23(15)33-13-12-31-17(3)26-28-29-31)22(32)21-16(2)27-30(4)24(21)34-14-18-8-6-5-7-9-18/h5-11H,12-14H2,1-4H3. The molecule has 0 N–H and O–H groups in total. The van der Waals surface area contributed by atoms with Gasteiger partial charge >= 0.3 is 0 Å². The molecule has 0 aliphatic rings. The first-order valence-electron chi connectivity index (χ1n) is 10.8. The number of aryl methyl sites for hydroxylation is 3. The lowest BCUT2D eigenvalue weighted by Crippen LogP contribution is -2.13. The Morgan fingerprint density at radius 1 is 1.06 bits per heavy atom. The molecule has 0 atom stereocenters. The van der Waals surface area contributed by atoms with Crippen molar-refractivity contribution in [2.24, 2.45) is 7.05 Å². The van der Waals surface area contributed by atoms with E-state index < -0.39 is 0 Å². The fourth-order valence-corrected chi connectivity index (χ4v) is 4.24. The molecule has 2 heterocycles. The second-order valence-electron chi connectivity index (χ2n) is 7.84. The topological polar surface area (TPSA) is 97.0 Å². The lowest BCUT2D eigenvalue weighted by Gasteiger charge is -2.15. The number of hydrogen-bond donors (Lipinski definition) is 0. The van der Waals surface area contributed by atoms with Gasteiger partial charge in [0.1, 0.15) is 30.4 Å². The molecule has 0 unspecified atom stereocenters. The first kappa shape index (κ1) is 23.6. The molecule has 2 aromatic heterocycles. The van der Waals surface area contributed by atoms with E-state index in [1.165, 1.54) is 0 Å². The van der Waals surface area contributed by atoms with Crippen LogP contribution in [-0.4, -0.2) is 42.4 Å². The van der Waals surface area contributed by atoms with Gasteiger partial charge in [-0.2, -0.15) is 5.10 Å². The summed E-state index contributed by atoms with van der Waals surface area (Å²) in [6, 6.07) is 13.4. The zero-order chi connectivity index (χ0) is 24.2. The molecule has 0 amide bonds. The average Bonchev–Trinajstić information content (AvgIpc) is 3.35. The molecule has 0 saturated heterocycles. The second-order valence-corrected chi connectivity index (χ2v) is 8.69. The molecule has 0 saturated carbocycles. The number of tetrazole rings is 1. The summed E-state index contributed by atoms with van der Waals surface area (Å²) in [5.41, 5.74) is 3.31. The first-order valence-corrected chi connectivity index (χ1v) is 11.6. The maximum Gasteiger partial charge on any atom is 0.223 e. The number of ether oxygens (including phenoxy) is 2. The zero-order valence-corrected chi connectivity index (χ0v) is 21.0. The monoisotopic (exact) mass is 524 g/mol. The van der Waals surface area contributed by atoms with Gasteiger partial charge in [0.2, 0.25) is 11.7 Å². The summed E-state index contributed by atoms with van der Waals surface area (Å²) in [4.78, 5) is 13.7. The molecule has 0 fully saturated rings. The van der Waals surface area contributed by atoms with E-state index in [1.807, 2.05) is 57.2 Å².